The van der Waals surface area contributed by atoms with Crippen molar-refractivity contribution in [2.45, 2.75) is 43.3 Å². The average Bonchev–Trinajstić information content (AvgIpc) is 3.09. The Hall–Kier alpha value is -2.22. The summed E-state index contributed by atoms with van der Waals surface area (Å²) in [6.07, 6.45) is 5.55. The maximum Gasteiger partial charge on any atom is 0.321 e. The zero-order valence-corrected chi connectivity index (χ0v) is 21.6. The first-order chi connectivity index (χ1) is 16.3. The van der Waals surface area contributed by atoms with Crippen molar-refractivity contribution < 1.29 is 14.1 Å². The normalized spacial score (nSPS) is 25.9. The first-order valence-electron chi connectivity index (χ1n) is 12.0. The largest absolute Gasteiger partial charge is 0.617 e. The van der Waals surface area contributed by atoms with Gasteiger partial charge in [-0.05, 0) is 63.0 Å². The molecule has 7 heteroatoms. The number of carbonyl (C=O) groups excluding carboxylic acids is 1. The van der Waals surface area contributed by atoms with Gasteiger partial charge in [-0.3, -0.25) is 4.90 Å². The van der Waals surface area contributed by atoms with E-state index in [-0.39, 0.29) is 17.1 Å². The third-order valence-corrected chi connectivity index (χ3v) is 8.63. The molecule has 0 bridgehead atoms. The van der Waals surface area contributed by atoms with Crippen LogP contribution in [0, 0.1) is 0 Å². The van der Waals surface area contributed by atoms with Crippen LogP contribution >= 0.6 is 0 Å². The van der Waals surface area contributed by atoms with Crippen LogP contribution < -0.4 is 4.74 Å². The second kappa shape index (κ2) is 10.2. The van der Waals surface area contributed by atoms with Gasteiger partial charge < -0.3 is 19.1 Å². The molecule has 6 nitrogen and oxygen atoms in total. The number of methoxy groups -OCH3 is 1. The van der Waals surface area contributed by atoms with Crippen LogP contribution in [0.5, 0.6) is 5.75 Å². The van der Waals surface area contributed by atoms with Crippen molar-refractivity contribution in [3.8, 4) is 5.75 Å². The monoisotopic (exact) mass is 483 g/mol. The van der Waals surface area contributed by atoms with Crippen molar-refractivity contribution in [3.05, 3.63) is 65.7 Å². The van der Waals surface area contributed by atoms with Gasteiger partial charge in [0.05, 0.1) is 25.4 Å². The summed E-state index contributed by atoms with van der Waals surface area (Å²) in [6.45, 7) is 1.83. The Labute approximate surface area is 207 Å². The van der Waals surface area contributed by atoms with Gasteiger partial charge in [0, 0.05) is 18.6 Å². The lowest BCUT2D eigenvalue weighted by atomic mass is 9.68. The van der Waals surface area contributed by atoms with Crippen LogP contribution in [-0.2, 0) is 23.3 Å². The van der Waals surface area contributed by atoms with E-state index in [1.807, 2.05) is 34.1 Å². The molecule has 34 heavy (non-hydrogen) atoms. The lowest BCUT2D eigenvalue weighted by Gasteiger charge is -2.51. The van der Waals surface area contributed by atoms with Crippen molar-refractivity contribution >= 4 is 17.2 Å². The van der Waals surface area contributed by atoms with E-state index in [2.05, 4.69) is 49.3 Å². The van der Waals surface area contributed by atoms with Crippen LogP contribution in [0.4, 0.5) is 4.79 Å². The van der Waals surface area contributed by atoms with E-state index < -0.39 is 11.2 Å². The quantitative estimate of drug-likeness (QED) is 0.531. The number of benzene rings is 2. The molecule has 0 N–H and O–H groups in total. The number of ether oxygens (including phenoxy) is 1. The highest BCUT2D eigenvalue weighted by molar-refractivity contribution is 7.90. The summed E-state index contributed by atoms with van der Waals surface area (Å²) in [7, 11) is 5.99. The lowest BCUT2D eigenvalue weighted by Crippen LogP contribution is -2.56. The summed E-state index contributed by atoms with van der Waals surface area (Å²) in [5.74, 6) is 1.33. The molecular weight excluding hydrogens is 446 g/mol. The Morgan fingerprint density at radius 3 is 2.24 bits per heavy atom. The Kier molecular flexibility index (Phi) is 7.45. The van der Waals surface area contributed by atoms with E-state index >= 15 is 0 Å². The lowest BCUT2D eigenvalue weighted by molar-refractivity contribution is 0.0263. The van der Waals surface area contributed by atoms with Gasteiger partial charge in [-0.25, -0.2) is 4.79 Å². The molecule has 1 saturated heterocycles. The number of hydrogen-bond acceptors (Lipinski definition) is 4. The van der Waals surface area contributed by atoms with E-state index in [1.165, 1.54) is 5.56 Å². The number of rotatable bonds is 8. The molecule has 2 amide bonds. The van der Waals surface area contributed by atoms with E-state index in [9.17, 15) is 9.35 Å². The predicted octanol–water partition coefficient (Wildman–Crippen LogP) is 4.08. The molecule has 1 aliphatic carbocycles. The van der Waals surface area contributed by atoms with Crippen molar-refractivity contribution in [2.24, 2.45) is 0 Å². The molecule has 4 rings (SSSR count). The summed E-state index contributed by atoms with van der Waals surface area (Å²) in [6, 6.07) is 18.7. The minimum absolute atomic E-state index is 0.0296. The van der Waals surface area contributed by atoms with Crippen molar-refractivity contribution in [1.82, 2.24) is 14.7 Å². The first-order valence-corrected chi connectivity index (χ1v) is 13.7. The van der Waals surface area contributed by atoms with Crippen molar-refractivity contribution in [2.75, 3.05) is 46.3 Å². The maximum absolute atomic E-state index is 13.6. The molecule has 2 aromatic carbocycles. The van der Waals surface area contributed by atoms with Crippen LogP contribution in [0.3, 0.4) is 0 Å². The molecule has 1 heterocycles. The molecule has 0 aromatic heterocycles. The van der Waals surface area contributed by atoms with Crippen molar-refractivity contribution in [3.63, 3.8) is 0 Å². The maximum atomic E-state index is 13.6. The van der Waals surface area contributed by atoms with Gasteiger partial charge in [0.1, 0.15) is 11.5 Å². The van der Waals surface area contributed by atoms with Gasteiger partial charge in [-0.15, -0.1) is 0 Å². The van der Waals surface area contributed by atoms with Gasteiger partial charge in [0.2, 0.25) is 0 Å². The molecule has 1 spiro atoms. The fourth-order valence-electron chi connectivity index (χ4n) is 5.81. The van der Waals surface area contributed by atoms with E-state index in [0.29, 0.717) is 25.4 Å². The van der Waals surface area contributed by atoms with Crippen LogP contribution in [0.1, 0.15) is 36.8 Å². The molecule has 184 valence electrons. The fraction of sp³-hybridized carbons (Fsp3) is 0.519. The predicted molar refractivity (Wildman–Crippen MR) is 137 cm³/mol. The highest BCUT2D eigenvalue weighted by Crippen LogP contribution is 2.49. The van der Waals surface area contributed by atoms with E-state index in [1.54, 1.807) is 13.4 Å². The van der Waals surface area contributed by atoms with Gasteiger partial charge in [-0.2, -0.15) is 0 Å². The topological polar surface area (TPSA) is 59.1 Å². The molecule has 2 aromatic rings. The van der Waals surface area contributed by atoms with Crippen LogP contribution in [0.2, 0.25) is 0 Å². The zero-order chi connectivity index (χ0) is 24.3. The zero-order valence-electron chi connectivity index (χ0n) is 20.8. The number of urea groups is 1. The number of hydrogen-bond donors (Lipinski definition) is 0. The molecule has 1 aliphatic heterocycles. The van der Waals surface area contributed by atoms with E-state index in [0.717, 1.165) is 37.0 Å². The Balaban J connectivity index is 1.57. The molecule has 1 saturated carbocycles. The van der Waals surface area contributed by atoms with E-state index in [4.69, 9.17) is 4.74 Å². The third-order valence-electron chi connectivity index (χ3n) is 7.87. The fourth-order valence-corrected chi connectivity index (χ4v) is 6.25. The Bertz CT molecular complexity index is 957. The minimum Gasteiger partial charge on any atom is -0.617 e. The summed E-state index contributed by atoms with van der Waals surface area (Å²) in [4.78, 5) is 20.0. The van der Waals surface area contributed by atoms with Crippen LogP contribution in [-0.4, -0.2) is 77.1 Å². The van der Waals surface area contributed by atoms with Gasteiger partial charge >= 0.3 is 6.03 Å². The second-order valence-electron chi connectivity index (χ2n) is 9.93. The molecular formula is C27H37N3O3S. The van der Waals surface area contributed by atoms with Gasteiger partial charge in [0.15, 0.2) is 0 Å². The second-order valence-corrected chi connectivity index (χ2v) is 11.5. The average molecular weight is 484 g/mol. The summed E-state index contributed by atoms with van der Waals surface area (Å²) in [5, 5.41) is 0. The van der Waals surface area contributed by atoms with Crippen LogP contribution in [0.25, 0.3) is 0 Å². The number of carbonyl (C=O) groups is 1. The minimum atomic E-state index is -0.937. The molecule has 1 unspecified atom stereocenters. The first kappa shape index (κ1) is 24.9. The Morgan fingerprint density at radius 1 is 1.03 bits per heavy atom. The third kappa shape index (κ3) is 4.79. The Morgan fingerprint density at radius 2 is 1.68 bits per heavy atom. The van der Waals surface area contributed by atoms with Gasteiger partial charge in [-0.1, -0.05) is 53.6 Å². The molecule has 0 radical (unpaired) electrons. The number of nitrogens with zero attached hydrogens (tertiary/aromatic N) is 3. The summed E-state index contributed by atoms with van der Waals surface area (Å²) in [5.41, 5.74) is 2.19. The summed E-state index contributed by atoms with van der Waals surface area (Å²) < 4.78 is 17.2. The smallest absolute Gasteiger partial charge is 0.321 e. The molecule has 2 aliphatic rings. The SMILES string of the molecule is COc1ccc(CN2C[C@]3(CC[C@](c4ccccc4)(N(C)C)CC3)N(CC[S+](C)[O-])C2=O)cc1. The van der Waals surface area contributed by atoms with Crippen molar-refractivity contribution in [1.29, 1.82) is 0 Å². The highest BCUT2D eigenvalue weighted by atomic mass is 32.2. The highest BCUT2D eigenvalue weighted by Gasteiger charge is 2.54. The molecule has 1 atom stereocenters. The standard InChI is InChI=1S/C27H37N3O3S/c1-28(2)27(23-8-6-5-7-9-23)16-14-26(15-17-27)21-29(25(31)30(26)18-19-34(4)32)20-22-10-12-24(33-3)13-11-22/h5-13H,14-21H2,1-4H3/t26-,27+,34?. The van der Waals surface area contributed by atoms with Gasteiger partial charge in [0.25, 0.3) is 0 Å². The van der Waals surface area contributed by atoms with Crippen LogP contribution in [0.15, 0.2) is 54.6 Å². The summed E-state index contributed by atoms with van der Waals surface area (Å²) >= 11 is -0.937. The number of amides is 2. The molecule has 2 fully saturated rings.